The molecule has 0 atom stereocenters. The van der Waals surface area contributed by atoms with E-state index in [9.17, 15) is 4.79 Å². The zero-order valence-electron chi connectivity index (χ0n) is 21.9. The Labute approximate surface area is 219 Å². The summed E-state index contributed by atoms with van der Waals surface area (Å²) in [4.78, 5) is 16.9. The highest BCUT2D eigenvalue weighted by Gasteiger charge is 2.11. The Morgan fingerprint density at radius 2 is 1.59 bits per heavy atom. The number of nitrogens with zero attached hydrogens (tertiary/aromatic N) is 2. The summed E-state index contributed by atoms with van der Waals surface area (Å²) < 4.78 is 14.0. The quantitative estimate of drug-likeness (QED) is 0.215. The van der Waals surface area contributed by atoms with E-state index in [1.165, 1.54) is 16.6 Å². The molecule has 0 saturated heterocycles. The van der Waals surface area contributed by atoms with Gasteiger partial charge < -0.3 is 19.4 Å². The van der Waals surface area contributed by atoms with Gasteiger partial charge in [-0.1, -0.05) is 55.0 Å². The average molecular weight is 500 g/mol. The van der Waals surface area contributed by atoms with Crippen LogP contribution in [0, 0.1) is 13.8 Å². The van der Waals surface area contributed by atoms with E-state index in [-0.39, 0.29) is 12.5 Å². The summed E-state index contributed by atoms with van der Waals surface area (Å²) in [6.45, 7) is 6.43. The summed E-state index contributed by atoms with van der Waals surface area (Å²) in [6, 6.07) is 24.0. The fourth-order valence-corrected chi connectivity index (χ4v) is 4.52. The van der Waals surface area contributed by atoms with Crippen LogP contribution in [0.4, 0.5) is 0 Å². The van der Waals surface area contributed by atoms with Crippen LogP contribution in [-0.2, 0) is 17.8 Å². The minimum absolute atomic E-state index is 0.0428. The van der Waals surface area contributed by atoms with Crippen molar-refractivity contribution in [2.24, 2.45) is 0 Å². The van der Waals surface area contributed by atoms with Crippen LogP contribution in [0.25, 0.3) is 11.0 Å². The SMILES string of the molecule is Cc1cccc(C)c1OCCCn1c(CCCCCNC(=O)COc2ccccc2)nc2ccccc21. The van der Waals surface area contributed by atoms with Gasteiger partial charge in [0.1, 0.15) is 17.3 Å². The molecule has 0 spiro atoms. The molecule has 4 aromatic rings. The second-order valence-electron chi connectivity index (χ2n) is 9.35. The first-order valence-corrected chi connectivity index (χ1v) is 13.2. The average Bonchev–Trinajstić information content (AvgIpc) is 3.26. The van der Waals surface area contributed by atoms with E-state index in [2.05, 4.69) is 60.1 Å². The van der Waals surface area contributed by atoms with Crippen LogP contribution in [-0.4, -0.2) is 35.2 Å². The zero-order valence-corrected chi connectivity index (χ0v) is 21.9. The molecular weight excluding hydrogens is 462 g/mol. The molecule has 6 nitrogen and oxygen atoms in total. The summed E-state index contributed by atoms with van der Waals surface area (Å²) in [7, 11) is 0. The molecule has 0 bridgehead atoms. The molecule has 1 heterocycles. The maximum atomic E-state index is 12.0. The Hall–Kier alpha value is -3.80. The lowest BCUT2D eigenvalue weighted by molar-refractivity contribution is -0.123. The maximum Gasteiger partial charge on any atom is 0.257 e. The molecular formula is C31H37N3O3. The maximum absolute atomic E-state index is 12.0. The van der Waals surface area contributed by atoms with Crippen molar-refractivity contribution in [1.82, 2.24) is 14.9 Å². The minimum atomic E-state index is -0.0891. The number of ether oxygens (including phenoxy) is 2. The number of fused-ring (bicyclic) bond motifs is 1. The van der Waals surface area contributed by atoms with Gasteiger partial charge in [0, 0.05) is 19.5 Å². The van der Waals surface area contributed by atoms with Crippen molar-refractivity contribution >= 4 is 16.9 Å². The van der Waals surface area contributed by atoms with Crippen molar-refractivity contribution in [1.29, 1.82) is 0 Å². The number of rotatable bonds is 14. The number of amides is 1. The van der Waals surface area contributed by atoms with Gasteiger partial charge in [-0.15, -0.1) is 0 Å². The molecule has 0 aliphatic rings. The fraction of sp³-hybridized carbons (Fsp3) is 0.355. The topological polar surface area (TPSA) is 65.4 Å². The molecule has 0 aliphatic heterocycles. The fourth-order valence-electron chi connectivity index (χ4n) is 4.52. The van der Waals surface area contributed by atoms with Crippen LogP contribution in [0.1, 0.15) is 42.6 Å². The Bertz CT molecular complexity index is 1260. The molecule has 0 saturated carbocycles. The molecule has 1 N–H and O–H groups in total. The highest BCUT2D eigenvalue weighted by molar-refractivity contribution is 5.77. The zero-order chi connectivity index (χ0) is 25.9. The van der Waals surface area contributed by atoms with E-state index in [1.54, 1.807) is 0 Å². The number of nitrogens with one attached hydrogen (secondary N) is 1. The lowest BCUT2D eigenvalue weighted by Crippen LogP contribution is -2.29. The number of imidazole rings is 1. The number of carbonyl (C=O) groups is 1. The van der Waals surface area contributed by atoms with Crippen LogP contribution < -0.4 is 14.8 Å². The van der Waals surface area contributed by atoms with Crippen molar-refractivity contribution in [2.45, 2.75) is 52.5 Å². The molecule has 0 fully saturated rings. The predicted octanol–water partition coefficient (Wildman–Crippen LogP) is 6.03. The van der Waals surface area contributed by atoms with E-state index in [0.29, 0.717) is 18.9 Å². The van der Waals surface area contributed by atoms with Crippen molar-refractivity contribution in [2.75, 3.05) is 19.8 Å². The Kier molecular flexibility index (Phi) is 9.58. The van der Waals surface area contributed by atoms with Gasteiger partial charge in [-0.05, 0) is 68.5 Å². The Morgan fingerprint density at radius 1 is 0.838 bits per heavy atom. The number of carbonyl (C=O) groups excluding carboxylic acids is 1. The first-order valence-electron chi connectivity index (χ1n) is 13.2. The number of unbranched alkanes of at least 4 members (excludes halogenated alkanes) is 2. The summed E-state index contributed by atoms with van der Waals surface area (Å²) in [6.07, 6.45) is 4.81. The molecule has 0 unspecified atom stereocenters. The molecule has 0 radical (unpaired) electrons. The molecule has 37 heavy (non-hydrogen) atoms. The highest BCUT2D eigenvalue weighted by atomic mass is 16.5. The van der Waals surface area contributed by atoms with Gasteiger partial charge in [0.25, 0.3) is 5.91 Å². The van der Waals surface area contributed by atoms with Crippen LogP contribution >= 0.6 is 0 Å². The molecule has 3 aromatic carbocycles. The largest absolute Gasteiger partial charge is 0.493 e. The second kappa shape index (κ2) is 13.5. The normalized spacial score (nSPS) is 11.0. The standard InChI is InChI=1S/C31H37N3O3/c1-24-13-11-14-25(2)31(24)36-22-12-21-34-28-18-9-8-17-27(28)33-29(34)19-7-4-10-20-32-30(35)23-37-26-15-5-3-6-16-26/h3,5-6,8-9,11,13-18H,4,7,10,12,19-23H2,1-2H3,(H,32,35). The van der Waals surface area contributed by atoms with E-state index >= 15 is 0 Å². The van der Waals surface area contributed by atoms with Gasteiger partial charge in [-0.25, -0.2) is 4.98 Å². The number of hydrogen-bond donors (Lipinski definition) is 1. The van der Waals surface area contributed by atoms with Gasteiger partial charge in [-0.3, -0.25) is 4.79 Å². The van der Waals surface area contributed by atoms with Gasteiger partial charge in [0.05, 0.1) is 17.6 Å². The molecule has 194 valence electrons. The smallest absolute Gasteiger partial charge is 0.257 e. The molecule has 6 heteroatoms. The third kappa shape index (κ3) is 7.59. The lowest BCUT2D eigenvalue weighted by atomic mass is 10.1. The number of aryl methyl sites for hydroxylation is 4. The number of benzene rings is 3. The van der Waals surface area contributed by atoms with Gasteiger partial charge >= 0.3 is 0 Å². The third-order valence-electron chi connectivity index (χ3n) is 6.43. The Balaban J connectivity index is 1.20. The number of aromatic nitrogens is 2. The molecule has 1 aromatic heterocycles. The number of hydrogen-bond acceptors (Lipinski definition) is 4. The monoisotopic (exact) mass is 499 g/mol. The number of para-hydroxylation sites is 4. The first-order chi connectivity index (χ1) is 18.1. The first kappa shape index (κ1) is 26.3. The minimum Gasteiger partial charge on any atom is -0.493 e. The molecule has 1 amide bonds. The van der Waals surface area contributed by atoms with Gasteiger partial charge in [-0.2, -0.15) is 0 Å². The lowest BCUT2D eigenvalue weighted by Gasteiger charge is -2.13. The van der Waals surface area contributed by atoms with Crippen LogP contribution in [0.3, 0.4) is 0 Å². The third-order valence-corrected chi connectivity index (χ3v) is 6.43. The van der Waals surface area contributed by atoms with Crippen LogP contribution in [0.5, 0.6) is 11.5 Å². The van der Waals surface area contributed by atoms with Gasteiger partial charge in [0.2, 0.25) is 0 Å². The van der Waals surface area contributed by atoms with Crippen molar-refractivity contribution in [3.8, 4) is 11.5 Å². The Morgan fingerprint density at radius 3 is 2.41 bits per heavy atom. The summed E-state index contributed by atoms with van der Waals surface area (Å²) in [5.41, 5.74) is 4.57. The molecule has 4 rings (SSSR count). The van der Waals surface area contributed by atoms with E-state index in [0.717, 1.165) is 55.7 Å². The van der Waals surface area contributed by atoms with Crippen molar-refractivity contribution in [3.63, 3.8) is 0 Å². The molecule has 0 aliphatic carbocycles. The highest BCUT2D eigenvalue weighted by Crippen LogP contribution is 2.23. The van der Waals surface area contributed by atoms with E-state index < -0.39 is 0 Å². The summed E-state index contributed by atoms with van der Waals surface area (Å²) in [5, 5.41) is 2.94. The second-order valence-corrected chi connectivity index (χ2v) is 9.35. The summed E-state index contributed by atoms with van der Waals surface area (Å²) >= 11 is 0. The van der Waals surface area contributed by atoms with Gasteiger partial charge in [0.15, 0.2) is 6.61 Å². The van der Waals surface area contributed by atoms with Crippen molar-refractivity contribution < 1.29 is 14.3 Å². The van der Waals surface area contributed by atoms with Crippen LogP contribution in [0.2, 0.25) is 0 Å². The predicted molar refractivity (Wildman–Crippen MR) is 148 cm³/mol. The van der Waals surface area contributed by atoms with Crippen LogP contribution in [0.15, 0.2) is 72.8 Å². The summed E-state index contributed by atoms with van der Waals surface area (Å²) in [5.74, 6) is 2.73. The van der Waals surface area contributed by atoms with E-state index in [1.807, 2.05) is 36.4 Å². The van der Waals surface area contributed by atoms with Crippen molar-refractivity contribution in [3.05, 3.63) is 89.7 Å². The van der Waals surface area contributed by atoms with E-state index in [4.69, 9.17) is 14.5 Å².